The minimum absolute atomic E-state index is 0.856. The van der Waals surface area contributed by atoms with E-state index < -0.39 is 5.97 Å². The van der Waals surface area contributed by atoms with Crippen LogP contribution in [0, 0.1) is 0 Å². The molecule has 0 amide bonds. The number of hydrogen-bond acceptors (Lipinski definition) is 3. The van der Waals surface area contributed by atoms with Gasteiger partial charge in [-0.1, -0.05) is 43.3 Å². The van der Waals surface area contributed by atoms with E-state index in [1.54, 1.807) is 17.4 Å². The first-order valence-corrected chi connectivity index (χ1v) is 10.3. The molecule has 0 fully saturated rings. The number of rotatable bonds is 6. The van der Waals surface area contributed by atoms with E-state index >= 15 is 0 Å². The Kier molecular flexibility index (Phi) is 5.40. The Bertz CT molecular complexity index is 1200. The molecule has 4 rings (SSSR count). The van der Waals surface area contributed by atoms with Gasteiger partial charge in [-0.2, -0.15) is 5.10 Å². The number of nitrogens with zero attached hydrogens (tertiary/aromatic N) is 1. The number of carbonyl (C=O) groups is 1. The Labute approximate surface area is 172 Å². The Hall–Kier alpha value is -3.44. The Morgan fingerprint density at radius 1 is 1.14 bits per heavy atom. The fourth-order valence-electron chi connectivity index (χ4n) is 3.47. The van der Waals surface area contributed by atoms with Gasteiger partial charge in [0.25, 0.3) is 0 Å². The summed E-state index contributed by atoms with van der Waals surface area (Å²) in [6.45, 7) is 2.18. The van der Waals surface area contributed by atoms with Crippen LogP contribution in [0.4, 0.5) is 0 Å². The largest absolute Gasteiger partial charge is 0.478 e. The summed E-state index contributed by atoms with van der Waals surface area (Å²) in [5, 5.41) is 19.2. The molecule has 0 radical (unpaired) electrons. The molecule has 2 aromatic heterocycles. The molecule has 0 spiro atoms. The van der Waals surface area contributed by atoms with Gasteiger partial charge >= 0.3 is 5.97 Å². The lowest BCUT2D eigenvalue weighted by Crippen LogP contribution is -1.94. The third-order valence-corrected chi connectivity index (χ3v) is 5.75. The average molecular weight is 401 g/mol. The smallest absolute Gasteiger partial charge is 0.328 e. The van der Waals surface area contributed by atoms with Crippen molar-refractivity contribution in [3.05, 3.63) is 93.8 Å². The van der Waals surface area contributed by atoms with Gasteiger partial charge in [0.05, 0.1) is 11.7 Å². The molecule has 0 saturated carbocycles. The monoisotopic (exact) mass is 400 g/mol. The van der Waals surface area contributed by atoms with E-state index in [2.05, 4.69) is 65.0 Å². The average Bonchev–Trinajstić information content (AvgIpc) is 3.42. The molecule has 0 aliphatic heterocycles. The summed E-state index contributed by atoms with van der Waals surface area (Å²) < 4.78 is 0. The van der Waals surface area contributed by atoms with Crippen LogP contribution in [0.1, 0.15) is 34.9 Å². The summed E-state index contributed by atoms with van der Waals surface area (Å²) in [7, 11) is 0. The van der Waals surface area contributed by atoms with E-state index in [0.29, 0.717) is 0 Å². The van der Waals surface area contributed by atoms with Crippen LogP contribution in [-0.4, -0.2) is 21.3 Å². The van der Waals surface area contributed by atoms with Crippen LogP contribution >= 0.6 is 11.3 Å². The van der Waals surface area contributed by atoms with Gasteiger partial charge in [-0.25, -0.2) is 4.79 Å². The standard InChI is InChI=1S/C24H20N2O2S/c1-2-20(22-4-3-13-29-22)24(18-10-11-21-19(14-18)15-25-26-21)17-8-5-16(6-9-17)7-12-23(27)28/h3-15H,2H2,1H3,(H,25,26)(H,27,28). The first-order valence-electron chi connectivity index (χ1n) is 9.37. The maximum atomic E-state index is 10.8. The number of aliphatic carboxylic acids is 1. The second-order valence-electron chi connectivity index (χ2n) is 6.65. The van der Waals surface area contributed by atoms with Crippen molar-refractivity contribution in [1.29, 1.82) is 0 Å². The number of carboxylic acid groups (broad SMARTS) is 1. The number of carboxylic acids is 1. The fraction of sp³-hybridized carbons (Fsp3) is 0.0833. The predicted molar refractivity (Wildman–Crippen MR) is 120 cm³/mol. The topological polar surface area (TPSA) is 66.0 Å². The van der Waals surface area contributed by atoms with Crippen LogP contribution < -0.4 is 0 Å². The van der Waals surface area contributed by atoms with Crippen LogP contribution in [0.25, 0.3) is 28.1 Å². The summed E-state index contributed by atoms with van der Waals surface area (Å²) in [6.07, 6.45) is 5.50. The molecule has 144 valence electrons. The maximum absolute atomic E-state index is 10.8. The van der Waals surface area contributed by atoms with E-state index in [9.17, 15) is 4.79 Å². The van der Waals surface area contributed by atoms with E-state index in [-0.39, 0.29) is 0 Å². The number of aromatic amines is 1. The number of thiophene rings is 1. The second kappa shape index (κ2) is 8.29. The third kappa shape index (κ3) is 4.05. The minimum Gasteiger partial charge on any atom is -0.478 e. The number of benzene rings is 2. The molecule has 5 heteroatoms. The highest BCUT2D eigenvalue weighted by Gasteiger charge is 2.14. The fourth-order valence-corrected chi connectivity index (χ4v) is 4.32. The van der Waals surface area contributed by atoms with Gasteiger partial charge in [0, 0.05) is 16.3 Å². The van der Waals surface area contributed by atoms with Crippen molar-refractivity contribution in [3.8, 4) is 0 Å². The lowest BCUT2D eigenvalue weighted by atomic mass is 9.90. The maximum Gasteiger partial charge on any atom is 0.328 e. The predicted octanol–water partition coefficient (Wildman–Crippen LogP) is 6.09. The number of allylic oxidation sites excluding steroid dienone is 1. The summed E-state index contributed by atoms with van der Waals surface area (Å²) >= 11 is 1.74. The van der Waals surface area contributed by atoms with E-state index in [0.717, 1.165) is 40.1 Å². The molecule has 2 N–H and O–H groups in total. The molecule has 4 aromatic rings. The lowest BCUT2D eigenvalue weighted by molar-refractivity contribution is -0.131. The molecule has 4 nitrogen and oxygen atoms in total. The van der Waals surface area contributed by atoms with Gasteiger partial charge in [-0.05, 0) is 63.9 Å². The minimum atomic E-state index is -0.950. The third-order valence-electron chi connectivity index (χ3n) is 4.82. The molecule has 0 aliphatic rings. The number of fused-ring (bicyclic) bond motifs is 1. The van der Waals surface area contributed by atoms with Crippen LogP contribution in [0.5, 0.6) is 0 Å². The van der Waals surface area contributed by atoms with Gasteiger partial charge in [-0.3, -0.25) is 5.10 Å². The molecule has 0 unspecified atom stereocenters. The van der Waals surface area contributed by atoms with Crippen molar-refractivity contribution in [2.24, 2.45) is 0 Å². The van der Waals surface area contributed by atoms with Crippen LogP contribution in [0.2, 0.25) is 0 Å². The zero-order valence-electron chi connectivity index (χ0n) is 15.9. The normalized spacial score (nSPS) is 12.4. The lowest BCUT2D eigenvalue weighted by Gasteiger charge is -2.15. The van der Waals surface area contributed by atoms with Gasteiger partial charge < -0.3 is 5.11 Å². The molecule has 0 atom stereocenters. The number of hydrogen-bond donors (Lipinski definition) is 2. The van der Waals surface area contributed by atoms with Crippen molar-refractivity contribution >= 4 is 45.4 Å². The van der Waals surface area contributed by atoms with Crippen LogP contribution in [0.3, 0.4) is 0 Å². The molecule has 2 aromatic carbocycles. The summed E-state index contributed by atoms with van der Waals surface area (Å²) in [4.78, 5) is 12.0. The van der Waals surface area contributed by atoms with Crippen molar-refractivity contribution in [2.45, 2.75) is 13.3 Å². The summed E-state index contributed by atoms with van der Waals surface area (Å²) in [5.41, 5.74) is 6.58. The summed E-state index contributed by atoms with van der Waals surface area (Å²) in [5.74, 6) is -0.950. The van der Waals surface area contributed by atoms with E-state index in [1.165, 1.54) is 16.0 Å². The second-order valence-corrected chi connectivity index (χ2v) is 7.60. The highest BCUT2D eigenvalue weighted by atomic mass is 32.1. The van der Waals surface area contributed by atoms with Gasteiger partial charge in [-0.15, -0.1) is 11.3 Å². The van der Waals surface area contributed by atoms with Crippen LogP contribution in [-0.2, 0) is 4.79 Å². The summed E-state index contributed by atoms with van der Waals surface area (Å²) in [6, 6.07) is 18.6. The van der Waals surface area contributed by atoms with Gasteiger partial charge in [0.2, 0.25) is 0 Å². The zero-order chi connectivity index (χ0) is 20.2. The zero-order valence-corrected chi connectivity index (χ0v) is 16.7. The highest BCUT2D eigenvalue weighted by molar-refractivity contribution is 7.11. The van der Waals surface area contributed by atoms with Crippen molar-refractivity contribution in [3.63, 3.8) is 0 Å². The first-order chi connectivity index (χ1) is 14.2. The molecular weight excluding hydrogens is 380 g/mol. The molecule has 29 heavy (non-hydrogen) atoms. The molecular formula is C24H20N2O2S. The Morgan fingerprint density at radius 3 is 2.62 bits per heavy atom. The van der Waals surface area contributed by atoms with E-state index in [1.807, 2.05) is 18.3 Å². The quantitative estimate of drug-likeness (QED) is 0.385. The van der Waals surface area contributed by atoms with Crippen molar-refractivity contribution < 1.29 is 9.90 Å². The first kappa shape index (κ1) is 18.9. The molecule has 2 heterocycles. The van der Waals surface area contributed by atoms with Crippen LogP contribution in [0.15, 0.2) is 72.3 Å². The van der Waals surface area contributed by atoms with Gasteiger partial charge in [0.15, 0.2) is 0 Å². The number of H-pyrrole nitrogens is 1. The van der Waals surface area contributed by atoms with E-state index in [4.69, 9.17) is 5.11 Å². The number of aromatic nitrogens is 2. The highest BCUT2D eigenvalue weighted by Crippen LogP contribution is 2.37. The van der Waals surface area contributed by atoms with Crippen molar-refractivity contribution in [2.75, 3.05) is 0 Å². The Balaban J connectivity index is 1.87. The Morgan fingerprint density at radius 2 is 1.93 bits per heavy atom. The molecule has 0 bridgehead atoms. The molecule has 0 saturated heterocycles. The van der Waals surface area contributed by atoms with Crippen molar-refractivity contribution in [1.82, 2.24) is 10.2 Å². The SMILES string of the molecule is CCC(=C(c1ccc(C=CC(=O)O)cc1)c1ccc2[nH]ncc2c1)c1cccs1. The molecule has 0 aliphatic carbocycles. The van der Waals surface area contributed by atoms with Gasteiger partial charge in [0.1, 0.15) is 0 Å². The number of nitrogens with one attached hydrogen (secondary N) is 1.